The van der Waals surface area contributed by atoms with E-state index in [0.717, 1.165) is 29.4 Å². The van der Waals surface area contributed by atoms with Crippen LogP contribution in [-0.4, -0.2) is 44.0 Å². The highest BCUT2D eigenvalue weighted by atomic mass is 16.5. The van der Waals surface area contributed by atoms with Crippen molar-refractivity contribution in [3.63, 3.8) is 0 Å². The van der Waals surface area contributed by atoms with Crippen molar-refractivity contribution in [1.29, 1.82) is 0 Å². The zero-order valence-corrected chi connectivity index (χ0v) is 15.7. The Labute approximate surface area is 167 Å². The Bertz CT molecular complexity index is 1160. The van der Waals surface area contributed by atoms with Crippen molar-refractivity contribution >= 4 is 16.8 Å². The van der Waals surface area contributed by atoms with Gasteiger partial charge in [-0.05, 0) is 48.7 Å². The fraction of sp³-hybridized carbons (Fsp3) is 0.227. The van der Waals surface area contributed by atoms with Gasteiger partial charge in [0.2, 0.25) is 0 Å². The summed E-state index contributed by atoms with van der Waals surface area (Å²) >= 11 is 0. The van der Waals surface area contributed by atoms with E-state index in [1.165, 1.54) is 0 Å². The number of amides is 1. The number of carbonyl (C=O) groups is 1. The maximum absolute atomic E-state index is 12.9. The van der Waals surface area contributed by atoms with Crippen LogP contribution in [0, 0.1) is 5.92 Å². The Hall–Kier alpha value is -3.61. The van der Waals surface area contributed by atoms with E-state index >= 15 is 0 Å². The first-order valence-electron chi connectivity index (χ1n) is 9.63. The molecule has 144 valence electrons. The van der Waals surface area contributed by atoms with Gasteiger partial charge in [-0.2, -0.15) is 4.98 Å². The van der Waals surface area contributed by atoms with Gasteiger partial charge in [0.25, 0.3) is 11.8 Å². The number of hydrogen-bond acceptors (Lipinski definition) is 6. The number of fused-ring (bicyclic) bond motifs is 1. The van der Waals surface area contributed by atoms with Crippen molar-refractivity contribution in [2.45, 2.75) is 12.8 Å². The first-order valence-corrected chi connectivity index (χ1v) is 9.63. The molecule has 4 aromatic rings. The van der Waals surface area contributed by atoms with Gasteiger partial charge in [-0.3, -0.25) is 14.8 Å². The molecule has 1 aliphatic rings. The predicted molar refractivity (Wildman–Crippen MR) is 107 cm³/mol. The number of aromatic nitrogens is 4. The third kappa shape index (κ3) is 3.59. The zero-order valence-electron chi connectivity index (χ0n) is 15.7. The average Bonchev–Trinajstić information content (AvgIpc) is 3.44. The molecule has 29 heavy (non-hydrogen) atoms. The molecule has 1 aromatic carbocycles. The molecule has 0 bridgehead atoms. The lowest BCUT2D eigenvalue weighted by Crippen LogP contribution is -2.29. The third-order valence-electron chi connectivity index (χ3n) is 5.29. The van der Waals surface area contributed by atoms with E-state index in [4.69, 9.17) is 4.52 Å². The summed E-state index contributed by atoms with van der Waals surface area (Å²) in [5, 5.41) is 5.08. The van der Waals surface area contributed by atoms with E-state index in [9.17, 15) is 4.79 Å². The molecule has 1 fully saturated rings. The van der Waals surface area contributed by atoms with Crippen LogP contribution in [0.15, 0.2) is 65.6 Å². The number of carbonyl (C=O) groups excluding carboxylic acids is 1. The second-order valence-electron chi connectivity index (χ2n) is 7.27. The van der Waals surface area contributed by atoms with Crippen molar-refractivity contribution in [3.05, 3.63) is 72.4 Å². The number of benzene rings is 1. The van der Waals surface area contributed by atoms with Crippen LogP contribution in [0.2, 0.25) is 0 Å². The van der Waals surface area contributed by atoms with Crippen LogP contribution in [-0.2, 0) is 6.42 Å². The van der Waals surface area contributed by atoms with Crippen LogP contribution in [0.4, 0.5) is 0 Å². The van der Waals surface area contributed by atoms with Crippen molar-refractivity contribution in [3.8, 4) is 11.5 Å². The maximum atomic E-state index is 12.9. The van der Waals surface area contributed by atoms with E-state index in [0.29, 0.717) is 36.2 Å². The summed E-state index contributed by atoms with van der Waals surface area (Å²) in [6.07, 6.45) is 6.78. The number of likely N-dealkylation sites (tertiary alicyclic amines) is 1. The van der Waals surface area contributed by atoms with E-state index in [2.05, 4.69) is 20.1 Å². The maximum Gasteiger partial charge on any atom is 0.258 e. The second kappa shape index (κ2) is 7.43. The summed E-state index contributed by atoms with van der Waals surface area (Å²) in [4.78, 5) is 27.6. The molecular formula is C22H19N5O2. The average molecular weight is 385 g/mol. The van der Waals surface area contributed by atoms with E-state index < -0.39 is 0 Å². The highest BCUT2D eigenvalue weighted by Crippen LogP contribution is 2.24. The highest BCUT2D eigenvalue weighted by molar-refractivity contribution is 5.98. The van der Waals surface area contributed by atoms with Gasteiger partial charge in [-0.15, -0.1) is 0 Å². The monoisotopic (exact) mass is 385 g/mol. The summed E-state index contributed by atoms with van der Waals surface area (Å²) < 4.78 is 5.37. The molecule has 1 atom stereocenters. The second-order valence-corrected chi connectivity index (χ2v) is 7.27. The lowest BCUT2D eigenvalue weighted by molar-refractivity contribution is 0.0787. The molecule has 7 nitrogen and oxygen atoms in total. The van der Waals surface area contributed by atoms with Gasteiger partial charge in [-0.25, -0.2) is 0 Å². The SMILES string of the molecule is O=C(c1ccc2ncccc2c1)N1CCC(Cc2noc(-c3ccncc3)n2)C1. The van der Waals surface area contributed by atoms with Crippen LogP contribution in [0.3, 0.4) is 0 Å². The van der Waals surface area contributed by atoms with Crippen LogP contribution in [0.1, 0.15) is 22.6 Å². The fourth-order valence-corrected chi connectivity index (χ4v) is 3.78. The standard InChI is InChI=1S/C22H19N5O2/c28-22(18-3-4-19-17(13-18)2-1-8-24-19)27-11-7-15(14-27)12-20-25-21(29-26-20)16-5-9-23-10-6-16/h1-6,8-10,13,15H,7,11-12,14H2. The molecule has 0 radical (unpaired) electrons. The molecule has 3 aromatic heterocycles. The molecule has 1 saturated heterocycles. The van der Waals surface area contributed by atoms with Crippen molar-refractivity contribution in [2.24, 2.45) is 5.92 Å². The Morgan fingerprint density at radius 3 is 2.93 bits per heavy atom. The normalized spacial score (nSPS) is 16.4. The van der Waals surface area contributed by atoms with Crippen LogP contribution in [0.5, 0.6) is 0 Å². The minimum absolute atomic E-state index is 0.0591. The third-order valence-corrected chi connectivity index (χ3v) is 5.29. The fourth-order valence-electron chi connectivity index (χ4n) is 3.78. The van der Waals surface area contributed by atoms with E-state index in [1.807, 2.05) is 47.4 Å². The Morgan fingerprint density at radius 2 is 2.03 bits per heavy atom. The molecule has 4 heterocycles. The summed E-state index contributed by atoms with van der Waals surface area (Å²) in [5.41, 5.74) is 2.45. The van der Waals surface area contributed by atoms with Gasteiger partial charge >= 0.3 is 0 Å². The summed E-state index contributed by atoms with van der Waals surface area (Å²) in [6.45, 7) is 1.44. The van der Waals surface area contributed by atoms with Crippen LogP contribution >= 0.6 is 0 Å². The molecule has 0 saturated carbocycles. The molecule has 0 spiro atoms. The molecule has 1 amide bonds. The van der Waals surface area contributed by atoms with Gasteiger partial charge in [0.15, 0.2) is 5.82 Å². The quantitative estimate of drug-likeness (QED) is 0.535. The first kappa shape index (κ1) is 17.5. The molecular weight excluding hydrogens is 366 g/mol. The van der Waals surface area contributed by atoms with Gasteiger partial charge in [0.1, 0.15) is 0 Å². The van der Waals surface area contributed by atoms with Crippen LogP contribution in [0.25, 0.3) is 22.4 Å². The molecule has 1 unspecified atom stereocenters. The summed E-state index contributed by atoms with van der Waals surface area (Å²) in [5.74, 6) is 1.55. The molecule has 1 aliphatic heterocycles. The van der Waals surface area contributed by atoms with Crippen molar-refractivity contribution in [1.82, 2.24) is 25.0 Å². The lowest BCUT2D eigenvalue weighted by atomic mass is 10.0. The minimum Gasteiger partial charge on any atom is -0.338 e. The summed E-state index contributed by atoms with van der Waals surface area (Å²) in [6, 6.07) is 13.2. The zero-order chi connectivity index (χ0) is 19.6. The highest BCUT2D eigenvalue weighted by Gasteiger charge is 2.28. The molecule has 0 N–H and O–H groups in total. The Kier molecular flexibility index (Phi) is 4.48. The first-order chi connectivity index (χ1) is 14.3. The molecule has 7 heteroatoms. The number of rotatable bonds is 4. The van der Waals surface area contributed by atoms with Crippen molar-refractivity contribution in [2.75, 3.05) is 13.1 Å². The minimum atomic E-state index is 0.0591. The lowest BCUT2D eigenvalue weighted by Gasteiger charge is -2.16. The summed E-state index contributed by atoms with van der Waals surface area (Å²) in [7, 11) is 0. The predicted octanol–water partition coefficient (Wildman–Crippen LogP) is 3.38. The number of hydrogen-bond donors (Lipinski definition) is 0. The van der Waals surface area contributed by atoms with Gasteiger partial charge in [-0.1, -0.05) is 11.2 Å². The largest absolute Gasteiger partial charge is 0.338 e. The van der Waals surface area contributed by atoms with E-state index in [1.54, 1.807) is 18.6 Å². The van der Waals surface area contributed by atoms with Gasteiger partial charge in [0, 0.05) is 54.6 Å². The number of pyridine rings is 2. The Morgan fingerprint density at radius 1 is 1.14 bits per heavy atom. The Balaban J connectivity index is 1.25. The molecule has 5 rings (SSSR count). The van der Waals surface area contributed by atoms with E-state index in [-0.39, 0.29) is 5.91 Å². The van der Waals surface area contributed by atoms with Crippen molar-refractivity contribution < 1.29 is 9.32 Å². The topological polar surface area (TPSA) is 85.0 Å². The van der Waals surface area contributed by atoms with Crippen LogP contribution < -0.4 is 0 Å². The number of nitrogens with zero attached hydrogens (tertiary/aromatic N) is 5. The van der Waals surface area contributed by atoms with Gasteiger partial charge in [0.05, 0.1) is 5.52 Å². The van der Waals surface area contributed by atoms with Gasteiger partial charge < -0.3 is 9.42 Å². The molecule has 0 aliphatic carbocycles. The smallest absolute Gasteiger partial charge is 0.258 e.